The molecule has 0 radical (unpaired) electrons. The molecule has 16 heavy (non-hydrogen) atoms. The van der Waals surface area contributed by atoms with E-state index >= 15 is 0 Å². The van der Waals surface area contributed by atoms with Crippen LogP contribution >= 0.6 is 8.58 Å². The Hall–Kier alpha value is -0.550. The molecule has 0 heterocycles. The Bertz CT molecular complexity index is 356. The molecule has 0 bridgehead atoms. The summed E-state index contributed by atoms with van der Waals surface area (Å²) in [6.07, 6.45) is 1.12. The first-order valence-corrected chi connectivity index (χ1v) is 7.74. The molecule has 1 atom stereocenters. The SMILES string of the molecule is CPCc1cc(C(C)C)cc(C(C)C)c1N. The molecule has 0 aliphatic carbocycles. The number of benzene rings is 1. The Morgan fingerprint density at radius 1 is 1.12 bits per heavy atom. The summed E-state index contributed by atoms with van der Waals surface area (Å²) in [5.41, 5.74) is 11.4. The van der Waals surface area contributed by atoms with Crippen molar-refractivity contribution in [2.75, 3.05) is 12.4 Å². The molecule has 0 aromatic heterocycles. The van der Waals surface area contributed by atoms with Gasteiger partial charge in [0.15, 0.2) is 0 Å². The highest BCUT2D eigenvalue weighted by molar-refractivity contribution is 7.36. The van der Waals surface area contributed by atoms with Gasteiger partial charge in [-0.3, -0.25) is 0 Å². The summed E-state index contributed by atoms with van der Waals surface area (Å²) in [6, 6.07) is 4.58. The molecular formula is C14H24NP. The lowest BCUT2D eigenvalue weighted by Gasteiger charge is -2.18. The second-order valence-corrected chi connectivity index (χ2v) is 6.08. The Labute approximate surface area is 102 Å². The first-order chi connectivity index (χ1) is 7.47. The number of hydrogen-bond acceptors (Lipinski definition) is 1. The van der Waals surface area contributed by atoms with E-state index in [1.807, 2.05) is 0 Å². The first-order valence-electron chi connectivity index (χ1n) is 6.04. The van der Waals surface area contributed by atoms with Crippen LogP contribution in [0.5, 0.6) is 0 Å². The average Bonchev–Trinajstić information content (AvgIpc) is 2.20. The summed E-state index contributed by atoms with van der Waals surface area (Å²) in [6.45, 7) is 11.2. The van der Waals surface area contributed by atoms with Crippen LogP contribution in [0.4, 0.5) is 5.69 Å². The highest BCUT2D eigenvalue weighted by Crippen LogP contribution is 2.32. The predicted octanol–water partition coefficient (Wildman–Crippen LogP) is 4.32. The van der Waals surface area contributed by atoms with E-state index in [0.717, 1.165) is 20.4 Å². The summed E-state index contributed by atoms with van der Waals surface area (Å²) in [7, 11) is 0.931. The van der Waals surface area contributed by atoms with E-state index in [1.165, 1.54) is 16.7 Å². The summed E-state index contributed by atoms with van der Waals surface area (Å²) in [5, 5.41) is 0. The monoisotopic (exact) mass is 237 g/mol. The topological polar surface area (TPSA) is 26.0 Å². The fraction of sp³-hybridized carbons (Fsp3) is 0.571. The average molecular weight is 237 g/mol. The summed E-state index contributed by atoms with van der Waals surface area (Å²) in [5.74, 6) is 1.09. The maximum absolute atomic E-state index is 6.24. The van der Waals surface area contributed by atoms with Gasteiger partial charge in [-0.25, -0.2) is 0 Å². The summed E-state index contributed by atoms with van der Waals surface area (Å²) < 4.78 is 0. The van der Waals surface area contributed by atoms with E-state index < -0.39 is 0 Å². The molecule has 0 aliphatic rings. The van der Waals surface area contributed by atoms with Crippen molar-refractivity contribution < 1.29 is 0 Å². The zero-order valence-corrected chi connectivity index (χ0v) is 12.1. The van der Waals surface area contributed by atoms with Crippen molar-refractivity contribution in [3.05, 3.63) is 28.8 Å². The van der Waals surface area contributed by atoms with Crippen LogP contribution in [0.15, 0.2) is 12.1 Å². The van der Waals surface area contributed by atoms with Crippen molar-refractivity contribution in [1.82, 2.24) is 0 Å². The minimum Gasteiger partial charge on any atom is -0.398 e. The second-order valence-electron chi connectivity index (χ2n) is 5.02. The quantitative estimate of drug-likeness (QED) is 0.612. The zero-order valence-electron chi connectivity index (χ0n) is 11.1. The maximum atomic E-state index is 6.24. The van der Waals surface area contributed by atoms with Crippen molar-refractivity contribution in [2.24, 2.45) is 0 Å². The van der Waals surface area contributed by atoms with E-state index in [9.17, 15) is 0 Å². The number of rotatable bonds is 4. The summed E-state index contributed by atoms with van der Waals surface area (Å²) in [4.78, 5) is 0. The van der Waals surface area contributed by atoms with Gasteiger partial charge in [0, 0.05) is 5.69 Å². The molecule has 0 spiro atoms. The molecule has 1 unspecified atom stereocenters. The number of anilines is 1. The molecule has 2 N–H and O–H groups in total. The van der Waals surface area contributed by atoms with E-state index in [4.69, 9.17) is 5.73 Å². The van der Waals surface area contributed by atoms with Gasteiger partial charge < -0.3 is 5.73 Å². The molecule has 90 valence electrons. The normalized spacial score (nSPS) is 12.2. The Balaban J connectivity index is 3.27. The fourth-order valence-corrected chi connectivity index (χ4v) is 2.58. The van der Waals surface area contributed by atoms with Crippen molar-refractivity contribution in [3.8, 4) is 0 Å². The van der Waals surface area contributed by atoms with Crippen LogP contribution in [0.1, 0.15) is 56.2 Å². The third-order valence-electron chi connectivity index (χ3n) is 2.98. The van der Waals surface area contributed by atoms with E-state index in [-0.39, 0.29) is 0 Å². The lowest BCUT2D eigenvalue weighted by Crippen LogP contribution is -2.03. The van der Waals surface area contributed by atoms with Crippen LogP contribution in [-0.4, -0.2) is 6.66 Å². The molecule has 0 saturated carbocycles. The molecule has 0 fully saturated rings. The van der Waals surface area contributed by atoms with Gasteiger partial charge in [-0.1, -0.05) is 39.8 Å². The zero-order chi connectivity index (χ0) is 12.3. The Morgan fingerprint density at radius 3 is 2.19 bits per heavy atom. The molecule has 0 amide bonds. The van der Waals surface area contributed by atoms with Crippen molar-refractivity contribution in [2.45, 2.75) is 45.7 Å². The van der Waals surface area contributed by atoms with Crippen LogP contribution in [-0.2, 0) is 6.16 Å². The smallest absolute Gasteiger partial charge is 0.0385 e. The standard InChI is InChI=1S/C14H24NP/c1-9(2)11-6-12(8-16-5)14(15)13(7-11)10(3)4/h6-7,9-10,16H,8,15H2,1-5H3. The van der Waals surface area contributed by atoms with Gasteiger partial charge in [-0.05, 0) is 41.4 Å². The van der Waals surface area contributed by atoms with Gasteiger partial charge in [0.25, 0.3) is 0 Å². The third-order valence-corrected chi connectivity index (χ3v) is 3.71. The van der Waals surface area contributed by atoms with Crippen LogP contribution in [0, 0.1) is 0 Å². The molecule has 1 aromatic rings. The number of nitrogens with two attached hydrogens (primary N) is 1. The molecular weight excluding hydrogens is 213 g/mol. The second kappa shape index (κ2) is 5.68. The van der Waals surface area contributed by atoms with Crippen LogP contribution < -0.4 is 5.73 Å². The summed E-state index contributed by atoms with van der Waals surface area (Å²) >= 11 is 0. The van der Waals surface area contributed by atoms with Gasteiger partial charge in [-0.2, -0.15) is 0 Å². The van der Waals surface area contributed by atoms with Crippen molar-refractivity contribution in [3.63, 3.8) is 0 Å². The molecule has 1 aromatic carbocycles. The molecule has 0 saturated heterocycles. The van der Waals surface area contributed by atoms with E-state index in [2.05, 4.69) is 46.5 Å². The van der Waals surface area contributed by atoms with Gasteiger partial charge in [0.05, 0.1) is 0 Å². The number of hydrogen-bond donors (Lipinski definition) is 1. The van der Waals surface area contributed by atoms with Gasteiger partial charge >= 0.3 is 0 Å². The minimum absolute atomic E-state index is 0.512. The lowest BCUT2D eigenvalue weighted by molar-refractivity contribution is 0.833. The van der Waals surface area contributed by atoms with Gasteiger partial charge in [0.1, 0.15) is 0 Å². The lowest BCUT2D eigenvalue weighted by atomic mass is 9.92. The van der Waals surface area contributed by atoms with E-state index in [1.54, 1.807) is 0 Å². The number of nitrogen functional groups attached to an aromatic ring is 1. The minimum atomic E-state index is 0.512. The van der Waals surface area contributed by atoms with Crippen molar-refractivity contribution in [1.29, 1.82) is 0 Å². The van der Waals surface area contributed by atoms with Crippen molar-refractivity contribution >= 4 is 14.3 Å². The van der Waals surface area contributed by atoms with Gasteiger partial charge in [0.2, 0.25) is 0 Å². The van der Waals surface area contributed by atoms with Crippen LogP contribution in [0.25, 0.3) is 0 Å². The van der Waals surface area contributed by atoms with Gasteiger partial charge in [-0.15, -0.1) is 8.58 Å². The van der Waals surface area contributed by atoms with Crippen LogP contribution in [0.2, 0.25) is 0 Å². The fourth-order valence-electron chi connectivity index (χ4n) is 1.91. The first kappa shape index (κ1) is 13.5. The maximum Gasteiger partial charge on any atom is 0.0385 e. The van der Waals surface area contributed by atoms with Crippen LogP contribution in [0.3, 0.4) is 0 Å². The Kier molecular flexibility index (Phi) is 4.80. The molecule has 1 nitrogen and oxygen atoms in total. The highest BCUT2D eigenvalue weighted by atomic mass is 31.1. The highest BCUT2D eigenvalue weighted by Gasteiger charge is 2.12. The predicted molar refractivity (Wildman–Crippen MR) is 77.0 cm³/mol. The molecule has 2 heteroatoms. The molecule has 1 rings (SSSR count). The van der Waals surface area contributed by atoms with E-state index in [0.29, 0.717) is 11.8 Å². The molecule has 0 aliphatic heterocycles. The third kappa shape index (κ3) is 2.98. The Morgan fingerprint density at radius 2 is 1.75 bits per heavy atom. The largest absolute Gasteiger partial charge is 0.398 e.